The van der Waals surface area contributed by atoms with E-state index >= 15 is 0 Å². The second kappa shape index (κ2) is 7.10. The second-order valence-electron chi connectivity index (χ2n) is 5.25. The maximum Gasteiger partial charge on any atom is 0.0294 e. The topological polar surface area (TPSA) is 26.0 Å². The third kappa shape index (κ3) is 4.53. The molecular weight excluding hydrogens is 230 g/mol. The van der Waals surface area contributed by atoms with E-state index in [4.69, 9.17) is 5.73 Å². The van der Waals surface area contributed by atoms with Crippen molar-refractivity contribution in [2.24, 2.45) is 5.73 Å². The van der Waals surface area contributed by atoms with Crippen molar-refractivity contribution in [2.45, 2.75) is 38.6 Å². The van der Waals surface area contributed by atoms with E-state index in [9.17, 15) is 0 Å². The fourth-order valence-corrected chi connectivity index (χ4v) is 2.32. The predicted octanol–water partition coefficient (Wildman–Crippen LogP) is 4.41. The average molecular weight is 253 g/mol. The Morgan fingerprint density at radius 1 is 0.895 bits per heavy atom. The Morgan fingerprint density at radius 3 is 2.26 bits per heavy atom. The number of aryl methyl sites for hydroxylation is 2. The van der Waals surface area contributed by atoms with Crippen molar-refractivity contribution in [3.63, 3.8) is 0 Å². The van der Waals surface area contributed by atoms with E-state index in [2.05, 4.69) is 55.5 Å². The number of hydrogen-bond donors (Lipinski definition) is 1. The Labute approximate surface area is 116 Å². The van der Waals surface area contributed by atoms with E-state index in [0.717, 1.165) is 12.8 Å². The lowest BCUT2D eigenvalue weighted by Gasteiger charge is -2.11. The lowest BCUT2D eigenvalue weighted by molar-refractivity contribution is 0.586. The van der Waals surface area contributed by atoms with Crippen molar-refractivity contribution in [2.75, 3.05) is 0 Å². The van der Waals surface area contributed by atoms with Gasteiger partial charge < -0.3 is 5.73 Å². The minimum absolute atomic E-state index is 0.180. The highest BCUT2D eigenvalue weighted by Crippen LogP contribution is 2.17. The molecule has 1 unspecified atom stereocenters. The molecule has 19 heavy (non-hydrogen) atoms. The van der Waals surface area contributed by atoms with Gasteiger partial charge in [0.25, 0.3) is 0 Å². The summed E-state index contributed by atoms with van der Waals surface area (Å²) in [4.78, 5) is 0. The molecule has 0 heterocycles. The van der Waals surface area contributed by atoms with Gasteiger partial charge in [0.15, 0.2) is 0 Å². The SMILES string of the molecule is Cc1ccc(CCCCC(N)c2ccccc2)cc1. The Balaban J connectivity index is 1.71. The molecule has 2 rings (SSSR count). The van der Waals surface area contributed by atoms with E-state index in [1.807, 2.05) is 6.07 Å². The van der Waals surface area contributed by atoms with Gasteiger partial charge in [-0.1, -0.05) is 66.6 Å². The van der Waals surface area contributed by atoms with Crippen LogP contribution in [0, 0.1) is 6.92 Å². The molecule has 0 amide bonds. The number of benzene rings is 2. The molecule has 0 spiro atoms. The number of hydrogen-bond acceptors (Lipinski definition) is 1. The van der Waals surface area contributed by atoms with Crippen molar-refractivity contribution in [1.29, 1.82) is 0 Å². The molecule has 2 aromatic carbocycles. The van der Waals surface area contributed by atoms with Gasteiger partial charge >= 0.3 is 0 Å². The Hall–Kier alpha value is -1.60. The molecule has 0 saturated heterocycles. The summed E-state index contributed by atoms with van der Waals surface area (Å²) in [6.45, 7) is 2.13. The van der Waals surface area contributed by atoms with E-state index in [1.165, 1.54) is 29.5 Å². The summed E-state index contributed by atoms with van der Waals surface area (Å²) in [5.41, 5.74) is 10.2. The molecule has 0 aromatic heterocycles. The van der Waals surface area contributed by atoms with Crippen molar-refractivity contribution >= 4 is 0 Å². The standard InChI is InChI=1S/C18H23N/c1-15-11-13-16(14-12-15)7-5-6-10-18(19)17-8-3-2-4-9-17/h2-4,8-9,11-14,18H,5-7,10,19H2,1H3. The maximum atomic E-state index is 6.19. The zero-order valence-corrected chi connectivity index (χ0v) is 11.7. The molecular formula is C18H23N. The fraction of sp³-hybridized carbons (Fsp3) is 0.333. The van der Waals surface area contributed by atoms with E-state index in [1.54, 1.807) is 0 Å². The van der Waals surface area contributed by atoms with E-state index in [0.29, 0.717) is 0 Å². The van der Waals surface area contributed by atoms with Gasteiger partial charge in [-0.2, -0.15) is 0 Å². The van der Waals surface area contributed by atoms with Crippen LogP contribution in [0.3, 0.4) is 0 Å². The summed E-state index contributed by atoms with van der Waals surface area (Å²) in [5, 5.41) is 0. The molecule has 0 aliphatic rings. The Morgan fingerprint density at radius 2 is 1.58 bits per heavy atom. The van der Waals surface area contributed by atoms with Crippen molar-refractivity contribution in [1.82, 2.24) is 0 Å². The Bertz CT molecular complexity index is 473. The monoisotopic (exact) mass is 253 g/mol. The molecule has 2 aromatic rings. The highest BCUT2D eigenvalue weighted by Gasteiger charge is 2.04. The first-order valence-corrected chi connectivity index (χ1v) is 7.12. The first-order chi connectivity index (χ1) is 9.25. The van der Waals surface area contributed by atoms with Gasteiger partial charge in [0.2, 0.25) is 0 Å². The van der Waals surface area contributed by atoms with Crippen LogP contribution < -0.4 is 5.73 Å². The lowest BCUT2D eigenvalue weighted by atomic mass is 9.99. The van der Waals surface area contributed by atoms with Gasteiger partial charge in [-0.15, -0.1) is 0 Å². The molecule has 0 fully saturated rings. The zero-order chi connectivity index (χ0) is 13.5. The number of nitrogens with two attached hydrogens (primary N) is 1. The van der Waals surface area contributed by atoms with Crippen molar-refractivity contribution in [3.05, 3.63) is 71.3 Å². The number of rotatable bonds is 6. The minimum Gasteiger partial charge on any atom is -0.324 e. The fourth-order valence-electron chi connectivity index (χ4n) is 2.32. The van der Waals surface area contributed by atoms with Crippen molar-refractivity contribution in [3.8, 4) is 0 Å². The second-order valence-corrected chi connectivity index (χ2v) is 5.25. The molecule has 0 saturated carbocycles. The quantitative estimate of drug-likeness (QED) is 0.758. The highest BCUT2D eigenvalue weighted by molar-refractivity contribution is 5.21. The molecule has 0 radical (unpaired) electrons. The molecule has 0 bridgehead atoms. The maximum absolute atomic E-state index is 6.19. The minimum atomic E-state index is 0.180. The van der Waals surface area contributed by atoms with Crippen LogP contribution in [0.25, 0.3) is 0 Å². The zero-order valence-electron chi connectivity index (χ0n) is 11.7. The molecule has 2 N–H and O–H groups in total. The van der Waals surface area contributed by atoms with Gasteiger partial charge in [0.05, 0.1) is 0 Å². The molecule has 1 heteroatoms. The highest BCUT2D eigenvalue weighted by atomic mass is 14.6. The predicted molar refractivity (Wildman–Crippen MR) is 82.1 cm³/mol. The summed E-state index contributed by atoms with van der Waals surface area (Å²) < 4.78 is 0. The Kier molecular flexibility index (Phi) is 5.17. The van der Waals surface area contributed by atoms with Crippen LogP contribution in [-0.4, -0.2) is 0 Å². The average Bonchev–Trinajstić information content (AvgIpc) is 2.46. The van der Waals surface area contributed by atoms with Crippen LogP contribution >= 0.6 is 0 Å². The third-order valence-corrected chi connectivity index (χ3v) is 3.58. The number of unbranched alkanes of at least 4 members (excludes halogenated alkanes) is 1. The van der Waals surface area contributed by atoms with E-state index in [-0.39, 0.29) is 6.04 Å². The third-order valence-electron chi connectivity index (χ3n) is 3.58. The molecule has 0 aliphatic heterocycles. The van der Waals surface area contributed by atoms with Gasteiger partial charge in [0.1, 0.15) is 0 Å². The van der Waals surface area contributed by atoms with Crippen LogP contribution in [0.2, 0.25) is 0 Å². The lowest BCUT2D eigenvalue weighted by Crippen LogP contribution is -2.09. The van der Waals surface area contributed by atoms with Crippen LogP contribution in [0.15, 0.2) is 54.6 Å². The van der Waals surface area contributed by atoms with Crippen LogP contribution in [0.1, 0.15) is 42.0 Å². The largest absolute Gasteiger partial charge is 0.324 e. The summed E-state index contributed by atoms with van der Waals surface area (Å²) in [7, 11) is 0. The van der Waals surface area contributed by atoms with E-state index < -0.39 is 0 Å². The molecule has 0 aliphatic carbocycles. The first kappa shape index (κ1) is 13.8. The van der Waals surface area contributed by atoms with Gasteiger partial charge in [-0.25, -0.2) is 0 Å². The molecule has 1 nitrogen and oxygen atoms in total. The summed E-state index contributed by atoms with van der Waals surface area (Å²) in [5.74, 6) is 0. The van der Waals surface area contributed by atoms with Gasteiger partial charge in [-0.05, 0) is 37.3 Å². The summed E-state index contributed by atoms with van der Waals surface area (Å²) in [6, 6.07) is 19.4. The smallest absolute Gasteiger partial charge is 0.0294 e. The van der Waals surface area contributed by atoms with Crippen LogP contribution in [0.4, 0.5) is 0 Å². The van der Waals surface area contributed by atoms with Gasteiger partial charge in [-0.3, -0.25) is 0 Å². The molecule has 100 valence electrons. The first-order valence-electron chi connectivity index (χ1n) is 7.12. The molecule has 1 atom stereocenters. The van der Waals surface area contributed by atoms with Gasteiger partial charge in [0, 0.05) is 6.04 Å². The van der Waals surface area contributed by atoms with Crippen LogP contribution in [-0.2, 0) is 6.42 Å². The van der Waals surface area contributed by atoms with Crippen LogP contribution in [0.5, 0.6) is 0 Å². The summed E-state index contributed by atoms with van der Waals surface area (Å²) in [6.07, 6.45) is 4.62. The summed E-state index contributed by atoms with van der Waals surface area (Å²) >= 11 is 0. The van der Waals surface area contributed by atoms with Crippen molar-refractivity contribution < 1.29 is 0 Å². The normalized spacial score (nSPS) is 12.3.